The Morgan fingerprint density at radius 3 is 2.75 bits per heavy atom. The van der Waals surface area contributed by atoms with Gasteiger partial charge in [-0.25, -0.2) is 8.78 Å². The van der Waals surface area contributed by atoms with Gasteiger partial charge >= 0.3 is 0 Å². The summed E-state index contributed by atoms with van der Waals surface area (Å²) < 4.78 is 35.8. The molecule has 5 nitrogen and oxygen atoms in total. The molecule has 0 aliphatic carbocycles. The summed E-state index contributed by atoms with van der Waals surface area (Å²) in [6.07, 6.45) is 4.36. The van der Waals surface area contributed by atoms with Gasteiger partial charge in [-0.2, -0.15) is 0 Å². The summed E-state index contributed by atoms with van der Waals surface area (Å²) in [5.41, 5.74) is 7.27. The first-order valence-corrected chi connectivity index (χ1v) is 10.7. The standard InChI is InChI=1S/C24H27F2N3O2.ClH/c1-2-28(11-3-4-12-29-13-10-18-20(25)6-5-7-22(18)29)16-14-19-17(24(27)30)8-9-21(26)23(19)31-15-16;/h5-10,13,16H,2-4,11-12,14-15H2,1H3,(H2,27,30);1H. The van der Waals surface area contributed by atoms with Gasteiger partial charge in [0.2, 0.25) is 5.91 Å². The molecule has 1 atom stereocenters. The van der Waals surface area contributed by atoms with Crippen LogP contribution in [0, 0.1) is 11.6 Å². The molecule has 2 N–H and O–H groups in total. The maximum Gasteiger partial charge on any atom is 0.249 e. The van der Waals surface area contributed by atoms with Crippen LogP contribution in [0.2, 0.25) is 0 Å². The van der Waals surface area contributed by atoms with E-state index < -0.39 is 11.7 Å². The fourth-order valence-corrected chi connectivity index (χ4v) is 4.47. The molecule has 0 saturated heterocycles. The molecule has 2 heterocycles. The highest BCUT2D eigenvalue weighted by atomic mass is 35.5. The molecule has 0 spiro atoms. The molecular weight excluding hydrogens is 436 g/mol. The third-order valence-corrected chi connectivity index (χ3v) is 6.12. The number of ether oxygens (including phenoxy) is 1. The van der Waals surface area contributed by atoms with E-state index >= 15 is 0 Å². The number of amides is 1. The second kappa shape index (κ2) is 10.3. The molecule has 0 fully saturated rings. The van der Waals surface area contributed by atoms with E-state index in [-0.39, 0.29) is 30.0 Å². The van der Waals surface area contributed by atoms with Crippen molar-refractivity contribution in [3.63, 3.8) is 0 Å². The number of unbranched alkanes of at least 4 members (excludes halogenated alkanes) is 1. The number of nitrogens with zero attached hydrogens (tertiary/aromatic N) is 2. The monoisotopic (exact) mass is 463 g/mol. The zero-order valence-corrected chi connectivity index (χ0v) is 18.8. The van der Waals surface area contributed by atoms with Crippen LogP contribution in [0.1, 0.15) is 35.7 Å². The quantitative estimate of drug-likeness (QED) is 0.499. The number of benzene rings is 2. The highest BCUT2D eigenvalue weighted by Crippen LogP contribution is 2.32. The van der Waals surface area contributed by atoms with E-state index in [1.165, 1.54) is 18.2 Å². The van der Waals surface area contributed by atoms with E-state index in [2.05, 4.69) is 16.4 Å². The van der Waals surface area contributed by atoms with Crippen LogP contribution in [-0.2, 0) is 13.0 Å². The predicted molar refractivity (Wildman–Crippen MR) is 124 cm³/mol. The minimum absolute atomic E-state index is 0. The first-order valence-electron chi connectivity index (χ1n) is 10.7. The van der Waals surface area contributed by atoms with Crippen LogP contribution in [0.25, 0.3) is 10.9 Å². The van der Waals surface area contributed by atoms with Gasteiger partial charge in [-0.1, -0.05) is 13.0 Å². The molecule has 1 amide bonds. The van der Waals surface area contributed by atoms with Gasteiger partial charge in [0.05, 0.1) is 5.52 Å². The van der Waals surface area contributed by atoms with Gasteiger partial charge in [0.15, 0.2) is 11.6 Å². The van der Waals surface area contributed by atoms with Crippen LogP contribution in [0.15, 0.2) is 42.6 Å². The Balaban J connectivity index is 0.00000289. The lowest BCUT2D eigenvalue weighted by Gasteiger charge is -2.35. The molecule has 0 radical (unpaired) electrons. The second-order valence-corrected chi connectivity index (χ2v) is 7.95. The SMILES string of the molecule is CCN(CCCCn1ccc2c(F)cccc21)C1COc2c(F)ccc(C(N)=O)c2C1.Cl. The Morgan fingerprint density at radius 2 is 2.00 bits per heavy atom. The normalized spacial score (nSPS) is 15.3. The molecule has 1 aliphatic heterocycles. The minimum atomic E-state index is -0.570. The van der Waals surface area contributed by atoms with Crippen molar-refractivity contribution in [3.8, 4) is 5.75 Å². The lowest BCUT2D eigenvalue weighted by molar-refractivity contribution is 0.0987. The number of nitrogens with two attached hydrogens (primary N) is 1. The third kappa shape index (κ3) is 4.74. The molecule has 0 saturated carbocycles. The molecule has 1 aliphatic rings. The topological polar surface area (TPSA) is 60.5 Å². The maximum absolute atomic E-state index is 14.1. The number of primary amides is 1. The Hall–Kier alpha value is -2.64. The van der Waals surface area contributed by atoms with Gasteiger partial charge in [0.25, 0.3) is 0 Å². The molecule has 3 aromatic rings. The van der Waals surface area contributed by atoms with Gasteiger partial charge in [-0.05, 0) is 62.7 Å². The van der Waals surface area contributed by atoms with Crippen molar-refractivity contribution in [2.75, 3.05) is 19.7 Å². The summed E-state index contributed by atoms with van der Waals surface area (Å²) in [6.45, 7) is 4.95. The molecule has 172 valence electrons. The Kier molecular flexibility index (Phi) is 7.74. The Bertz CT molecular complexity index is 1100. The number of likely N-dealkylation sites (N-methyl/N-ethyl adjacent to an activating group) is 1. The number of fused-ring (bicyclic) bond motifs is 2. The lowest BCUT2D eigenvalue weighted by Crippen LogP contribution is -2.44. The third-order valence-electron chi connectivity index (χ3n) is 6.12. The minimum Gasteiger partial charge on any atom is -0.489 e. The number of aryl methyl sites for hydroxylation is 1. The number of aromatic nitrogens is 1. The zero-order valence-electron chi connectivity index (χ0n) is 18.0. The highest BCUT2D eigenvalue weighted by molar-refractivity contribution is 5.95. The predicted octanol–water partition coefficient (Wildman–Crippen LogP) is 4.55. The van der Waals surface area contributed by atoms with Crippen molar-refractivity contribution in [2.24, 2.45) is 5.73 Å². The van der Waals surface area contributed by atoms with Crippen LogP contribution in [-0.4, -0.2) is 41.1 Å². The first-order chi connectivity index (χ1) is 15.0. The molecule has 4 rings (SSSR count). The van der Waals surface area contributed by atoms with E-state index in [4.69, 9.17) is 10.5 Å². The largest absolute Gasteiger partial charge is 0.489 e. The molecule has 0 bridgehead atoms. The van der Waals surface area contributed by atoms with Crippen LogP contribution in [0.5, 0.6) is 5.75 Å². The van der Waals surface area contributed by atoms with E-state index in [1.54, 1.807) is 6.07 Å². The summed E-state index contributed by atoms with van der Waals surface area (Å²) in [5.74, 6) is -1.08. The smallest absolute Gasteiger partial charge is 0.249 e. The summed E-state index contributed by atoms with van der Waals surface area (Å²) in [4.78, 5) is 14.1. The second-order valence-electron chi connectivity index (χ2n) is 7.95. The number of hydrogen-bond acceptors (Lipinski definition) is 3. The zero-order chi connectivity index (χ0) is 22.0. The van der Waals surface area contributed by atoms with Crippen LogP contribution >= 0.6 is 12.4 Å². The van der Waals surface area contributed by atoms with Crippen molar-refractivity contribution >= 4 is 29.2 Å². The molecule has 1 unspecified atom stereocenters. The van der Waals surface area contributed by atoms with Crippen molar-refractivity contribution < 1.29 is 18.3 Å². The molecule has 1 aromatic heterocycles. The molecule has 2 aromatic carbocycles. The number of carbonyl (C=O) groups excluding carboxylic acids is 1. The maximum atomic E-state index is 14.1. The number of rotatable bonds is 8. The lowest BCUT2D eigenvalue weighted by atomic mass is 9.95. The van der Waals surface area contributed by atoms with Crippen molar-refractivity contribution in [2.45, 2.75) is 38.8 Å². The van der Waals surface area contributed by atoms with Crippen LogP contribution in [0.3, 0.4) is 0 Å². The van der Waals surface area contributed by atoms with Crippen molar-refractivity contribution in [1.82, 2.24) is 9.47 Å². The first kappa shape index (κ1) is 24.0. The summed E-state index contributed by atoms with van der Waals surface area (Å²) in [7, 11) is 0. The van der Waals surface area contributed by atoms with Crippen LogP contribution < -0.4 is 10.5 Å². The van der Waals surface area contributed by atoms with E-state index in [9.17, 15) is 13.6 Å². The average Bonchev–Trinajstić information content (AvgIpc) is 3.18. The summed E-state index contributed by atoms with van der Waals surface area (Å²) in [5, 5.41) is 0.646. The average molecular weight is 464 g/mol. The van der Waals surface area contributed by atoms with E-state index in [0.717, 1.165) is 38.0 Å². The molecule has 8 heteroatoms. The van der Waals surface area contributed by atoms with Crippen LogP contribution in [0.4, 0.5) is 8.78 Å². The van der Waals surface area contributed by atoms with E-state index in [1.807, 2.05) is 18.3 Å². The molecule has 32 heavy (non-hydrogen) atoms. The van der Waals surface area contributed by atoms with Crippen molar-refractivity contribution in [1.29, 1.82) is 0 Å². The number of carbonyl (C=O) groups is 1. The van der Waals surface area contributed by atoms with Gasteiger partial charge in [-0.3, -0.25) is 9.69 Å². The van der Waals surface area contributed by atoms with Gasteiger partial charge in [0.1, 0.15) is 12.4 Å². The Labute approximate surface area is 192 Å². The van der Waals surface area contributed by atoms with E-state index in [0.29, 0.717) is 29.5 Å². The summed E-state index contributed by atoms with van der Waals surface area (Å²) in [6, 6.07) is 9.68. The highest BCUT2D eigenvalue weighted by Gasteiger charge is 2.29. The van der Waals surface area contributed by atoms with Gasteiger partial charge in [0, 0.05) is 35.3 Å². The fourth-order valence-electron chi connectivity index (χ4n) is 4.47. The Morgan fingerprint density at radius 1 is 1.19 bits per heavy atom. The van der Waals surface area contributed by atoms with Crippen molar-refractivity contribution in [3.05, 3.63) is 65.4 Å². The summed E-state index contributed by atoms with van der Waals surface area (Å²) >= 11 is 0. The number of hydrogen-bond donors (Lipinski definition) is 1. The van der Waals surface area contributed by atoms with Gasteiger partial charge < -0.3 is 15.0 Å². The van der Waals surface area contributed by atoms with Gasteiger partial charge in [-0.15, -0.1) is 12.4 Å². The molecular formula is C24H28ClF2N3O2. The number of halogens is 3. The fraction of sp³-hybridized carbons (Fsp3) is 0.375.